The average molecular weight is 353 g/mol. The Bertz CT molecular complexity index is 544. The molecular weight excluding hydrogens is 326 g/mol. The van der Waals surface area contributed by atoms with Crippen molar-refractivity contribution in [3.05, 3.63) is 24.0 Å². The zero-order valence-electron chi connectivity index (χ0n) is 14.8. The van der Waals surface area contributed by atoms with Crippen LogP contribution in [0.1, 0.15) is 46.0 Å². The van der Waals surface area contributed by atoms with E-state index in [2.05, 4.69) is 6.92 Å². The summed E-state index contributed by atoms with van der Waals surface area (Å²) in [6, 6.07) is 0. The van der Waals surface area contributed by atoms with E-state index < -0.39 is 24.5 Å². The van der Waals surface area contributed by atoms with E-state index in [-0.39, 0.29) is 18.4 Å². The second-order valence-corrected chi connectivity index (χ2v) is 6.43. The molecule has 2 aliphatic rings. The lowest BCUT2D eigenvalue weighted by molar-refractivity contribution is -0.150. The van der Waals surface area contributed by atoms with Gasteiger partial charge in [0.25, 0.3) is 0 Å². The summed E-state index contributed by atoms with van der Waals surface area (Å²) in [5, 5.41) is 20.4. The number of nitrogens with zero attached hydrogens (tertiary/aromatic N) is 1. The van der Waals surface area contributed by atoms with E-state index in [4.69, 9.17) is 9.47 Å². The summed E-state index contributed by atoms with van der Waals surface area (Å²) in [6.07, 6.45) is 4.74. The summed E-state index contributed by atoms with van der Waals surface area (Å²) in [5.41, 5.74) is 0.596. The minimum atomic E-state index is -1.17. The number of carbonyl (C=O) groups excluding carboxylic acids is 2. The molecule has 7 heteroatoms. The molecule has 0 saturated carbocycles. The summed E-state index contributed by atoms with van der Waals surface area (Å²) in [4.78, 5) is 24.8. The van der Waals surface area contributed by atoms with Crippen LogP contribution in [0.2, 0.25) is 0 Å². The maximum absolute atomic E-state index is 11.7. The summed E-state index contributed by atoms with van der Waals surface area (Å²) in [7, 11) is 0. The van der Waals surface area contributed by atoms with E-state index in [0.717, 1.165) is 19.3 Å². The van der Waals surface area contributed by atoms with Gasteiger partial charge >= 0.3 is 5.97 Å². The highest BCUT2D eigenvalue weighted by Gasteiger charge is 2.45. The average Bonchev–Trinajstić information content (AvgIpc) is 2.88. The molecule has 0 aliphatic carbocycles. The number of aliphatic hydroxyl groups excluding tert-OH is 2. The Hall–Kier alpha value is -1.70. The van der Waals surface area contributed by atoms with Gasteiger partial charge in [-0.15, -0.1) is 0 Å². The molecule has 25 heavy (non-hydrogen) atoms. The van der Waals surface area contributed by atoms with Crippen LogP contribution in [0.5, 0.6) is 0 Å². The molecule has 0 bridgehead atoms. The SMILES string of the molecule is CCCCCC(=O)OC[C@H]1O[C@@H](N2C=CCC(C(C)=O)=C2)[C@H](O)[C@@H]1O. The lowest BCUT2D eigenvalue weighted by atomic mass is 10.1. The number of ketones is 1. The molecule has 1 fully saturated rings. The first kappa shape index (κ1) is 19.6. The Morgan fingerprint density at radius 1 is 1.32 bits per heavy atom. The molecule has 0 amide bonds. The van der Waals surface area contributed by atoms with Crippen LogP contribution in [0.15, 0.2) is 24.0 Å². The lowest BCUT2D eigenvalue weighted by Gasteiger charge is -2.28. The van der Waals surface area contributed by atoms with E-state index >= 15 is 0 Å². The number of esters is 1. The van der Waals surface area contributed by atoms with Gasteiger partial charge in [0.15, 0.2) is 12.0 Å². The van der Waals surface area contributed by atoms with Crippen molar-refractivity contribution in [3.63, 3.8) is 0 Å². The van der Waals surface area contributed by atoms with Gasteiger partial charge < -0.3 is 24.6 Å². The topological polar surface area (TPSA) is 96.3 Å². The third-order valence-electron chi connectivity index (χ3n) is 4.40. The summed E-state index contributed by atoms with van der Waals surface area (Å²) in [5.74, 6) is -0.390. The molecule has 2 rings (SSSR count). The molecule has 7 nitrogen and oxygen atoms in total. The maximum atomic E-state index is 11.7. The molecule has 4 atom stereocenters. The molecule has 0 aromatic carbocycles. The van der Waals surface area contributed by atoms with Crippen molar-refractivity contribution >= 4 is 11.8 Å². The van der Waals surface area contributed by atoms with Crippen molar-refractivity contribution in [2.75, 3.05) is 6.61 Å². The lowest BCUT2D eigenvalue weighted by Crippen LogP contribution is -2.40. The van der Waals surface area contributed by atoms with E-state index in [0.29, 0.717) is 18.4 Å². The van der Waals surface area contributed by atoms with Crippen LogP contribution in [0.3, 0.4) is 0 Å². The van der Waals surface area contributed by atoms with Crippen LogP contribution >= 0.6 is 0 Å². The van der Waals surface area contributed by atoms with Crippen molar-refractivity contribution < 1.29 is 29.3 Å². The molecule has 0 spiro atoms. The third kappa shape index (κ3) is 5.14. The minimum Gasteiger partial charge on any atom is -0.463 e. The predicted molar refractivity (Wildman–Crippen MR) is 90.1 cm³/mol. The van der Waals surface area contributed by atoms with Crippen LogP contribution < -0.4 is 0 Å². The zero-order chi connectivity index (χ0) is 18.4. The Labute approximate surface area is 147 Å². The fourth-order valence-electron chi connectivity index (χ4n) is 2.85. The highest BCUT2D eigenvalue weighted by molar-refractivity contribution is 5.93. The first-order chi connectivity index (χ1) is 11.9. The number of hydrogen-bond donors (Lipinski definition) is 2. The Morgan fingerprint density at radius 3 is 2.76 bits per heavy atom. The molecular formula is C18H27NO6. The van der Waals surface area contributed by atoms with Gasteiger partial charge in [-0.2, -0.15) is 0 Å². The van der Waals surface area contributed by atoms with E-state index in [1.165, 1.54) is 6.92 Å². The second-order valence-electron chi connectivity index (χ2n) is 6.43. The van der Waals surface area contributed by atoms with Crippen molar-refractivity contribution in [2.45, 2.75) is 70.5 Å². The number of carbonyl (C=O) groups is 2. The van der Waals surface area contributed by atoms with Gasteiger partial charge in [-0.1, -0.05) is 25.8 Å². The molecule has 2 N–H and O–H groups in total. The van der Waals surface area contributed by atoms with Crippen LogP contribution in [0, 0.1) is 0 Å². The highest BCUT2D eigenvalue weighted by atomic mass is 16.6. The Balaban J connectivity index is 1.90. The monoisotopic (exact) mass is 353 g/mol. The predicted octanol–water partition coefficient (Wildman–Crippen LogP) is 1.25. The number of Topliss-reactive ketones (excluding diaryl/α,β-unsaturated/α-hetero) is 1. The van der Waals surface area contributed by atoms with Crippen LogP contribution in [-0.4, -0.2) is 58.0 Å². The van der Waals surface area contributed by atoms with Gasteiger partial charge in [0.2, 0.25) is 0 Å². The van der Waals surface area contributed by atoms with Gasteiger partial charge in [-0.3, -0.25) is 9.59 Å². The van der Waals surface area contributed by atoms with Crippen molar-refractivity contribution in [2.24, 2.45) is 0 Å². The van der Waals surface area contributed by atoms with Crippen molar-refractivity contribution in [1.29, 1.82) is 0 Å². The van der Waals surface area contributed by atoms with Gasteiger partial charge in [-0.25, -0.2) is 0 Å². The summed E-state index contributed by atoms with van der Waals surface area (Å²) >= 11 is 0. The molecule has 1 saturated heterocycles. The highest BCUT2D eigenvalue weighted by Crippen LogP contribution is 2.27. The molecule has 2 aliphatic heterocycles. The number of aliphatic hydroxyl groups is 2. The Kier molecular flexibility index (Phi) is 7.16. The third-order valence-corrected chi connectivity index (χ3v) is 4.40. The molecule has 0 aromatic heterocycles. The number of unbranched alkanes of at least 4 members (excludes halogenated alkanes) is 2. The van der Waals surface area contributed by atoms with Crippen LogP contribution in [0.4, 0.5) is 0 Å². The molecule has 140 valence electrons. The van der Waals surface area contributed by atoms with E-state index in [1.54, 1.807) is 23.4 Å². The number of allylic oxidation sites excluding steroid dienone is 2. The number of ether oxygens (including phenoxy) is 2. The van der Waals surface area contributed by atoms with E-state index in [1.807, 2.05) is 0 Å². The fraction of sp³-hybridized carbons (Fsp3) is 0.667. The first-order valence-electron chi connectivity index (χ1n) is 8.77. The van der Waals surface area contributed by atoms with Gasteiger partial charge in [0, 0.05) is 24.4 Å². The summed E-state index contributed by atoms with van der Waals surface area (Å²) in [6.45, 7) is 3.42. The van der Waals surface area contributed by atoms with Crippen molar-refractivity contribution in [1.82, 2.24) is 4.90 Å². The molecule has 0 aromatic rings. The van der Waals surface area contributed by atoms with Gasteiger partial charge in [-0.05, 0) is 19.8 Å². The van der Waals surface area contributed by atoms with E-state index in [9.17, 15) is 19.8 Å². The van der Waals surface area contributed by atoms with Gasteiger partial charge in [0.1, 0.15) is 24.9 Å². The van der Waals surface area contributed by atoms with Crippen molar-refractivity contribution in [3.8, 4) is 0 Å². The Morgan fingerprint density at radius 2 is 2.08 bits per heavy atom. The van der Waals surface area contributed by atoms with Crippen LogP contribution in [0.25, 0.3) is 0 Å². The largest absolute Gasteiger partial charge is 0.463 e. The summed E-state index contributed by atoms with van der Waals surface area (Å²) < 4.78 is 10.8. The van der Waals surface area contributed by atoms with Crippen LogP contribution in [-0.2, 0) is 19.1 Å². The van der Waals surface area contributed by atoms with Gasteiger partial charge in [0.05, 0.1) is 0 Å². The minimum absolute atomic E-state index is 0.0556. The molecule has 0 unspecified atom stereocenters. The standard InChI is InChI=1S/C18H27NO6/c1-3-4-5-8-15(21)24-11-14-16(22)17(23)18(25-14)19-9-6-7-13(10-19)12(2)20/h6,9-10,14,16-18,22-23H,3-5,7-8,11H2,1-2H3/t14-,16-,17-,18-/m1/s1. The second kappa shape index (κ2) is 9.12. The molecule has 0 radical (unpaired) electrons. The fourth-order valence-corrected chi connectivity index (χ4v) is 2.85. The molecule has 2 heterocycles. The zero-order valence-corrected chi connectivity index (χ0v) is 14.8. The normalized spacial score (nSPS) is 28.8. The first-order valence-corrected chi connectivity index (χ1v) is 8.77. The number of rotatable bonds is 8. The smallest absolute Gasteiger partial charge is 0.305 e. The number of hydrogen-bond acceptors (Lipinski definition) is 7. The maximum Gasteiger partial charge on any atom is 0.305 e. The quantitative estimate of drug-likeness (QED) is 0.501.